The lowest BCUT2D eigenvalue weighted by molar-refractivity contribution is 0.0714. The summed E-state index contributed by atoms with van der Waals surface area (Å²) in [6.07, 6.45) is 1.65. The molecule has 0 fully saturated rings. The Balaban J connectivity index is 1.70. The highest BCUT2D eigenvalue weighted by atomic mass is 19.1. The van der Waals surface area contributed by atoms with Gasteiger partial charge in [-0.05, 0) is 72.5 Å². The maximum Gasteiger partial charge on any atom is 0.291 e. The summed E-state index contributed by atoms with van der Waals surface area (Å²) in [6.45, 7) is 8.05. The van der Waals surface area contributed by atoms with Crippen LogP contribution in [0.4, 0.5) is 4.39 Å². The van der Waals surface area contributed by atoms with Gasteiger partial charge in [0.25, 0.3) is 5.91 Å². The summed E-state index contributed by atoms with van der Waals surface area (Å²) >= 11 is 0. The zero-order chi connectivity index (χ0) is 24.7. The summed E-state index contributed by atoms with van der Waals surface area (Å²) in [6, 6.07) is 16.2. The van der Waals surface area contributed by atoms with Crippen LogP contribution >= 0.6 is 0 Å². The number of ether oxygens (including phenoxy) is 1. The lowest BCUT2D eigenvalue weighted by Gasteiger charge is -2.25. The summed E-state index contributed by atoms with van der Waals surface area (Å²) in [5.41, 5.74) is 3.84. The molecule has 1 aliphatic rings. The van der Waals surface area contributed by atoms with Crippen molar-refractivity contribution in [2.45, 2.75) is 26.4 Å². The van der Waals surface area contributed by atoms with Crippen LogP contribution in [-0.2, 0) is 6.54 Å². The van der Waals surface area contributed by atoms with Crippen LogP contribution in [0, 0.1) is 19.7 Å². The molecule has 176 valence electrons. The van der Waals surface area contributed by atoms with Gasteiger partial charge in [-0.3, -0.25) is 9.59 Å². The highest BCUT2D eigenvalue weighted by molar-refractivity contribution is 5.99. The Morgan fingerprint density at radius 3 is 2.54 bits per heavy atom. The molecule has 3 aromatic carbocycles. The molecule has 0 spiro atoms. The van der Waals surface area contributed by atoms with Gasteiger partial charge in [-0.15, -0.1) is 0 Å². The highest BCUT2D eigenvalue weighted by Crippen LogP contribution is 2.40. The number of hydrogen-bond donors (Lipinski definition) is 0. The van der Waals surface area contributed by atoms with Crippen molar-refractivity contribution < 1.29 is 18.3 Å². The Morgan fingerprint density at radius 2 is 1.80 bits per heavy atom. The second kappa shape index (κ2) is 8.87. The van der Waals surface area contributed by atoms with E-state index in [1.807, 2.05) is 44.2 Å². The fraction of sp³-hybridized carbons (Fsp3) is 0.172. The Bertz CT molecular complexity index is 1520. The monoisotopic (exact) mass is 469 g/mol. The van der Waals surface area contributed by atoms with E-state index in [0.717, 1.165) is 22.3 Å². The van der Waals surface area contributed by atoms with Gasteiger partial charge in [-0.25, -0.2) is 4.39 Å². The second-order valence-corrected chi connectivity index (χ2v) is 8.74. The molecule has 35 heavy (non-hydrogen) atoms. The van der Waals surface area contributed by atoms with Crippen LogP contribution in [0.25, 0.3) is 11.0 Å². The lowest BCUT2D eigenvalue weighted by Crippen LogP contribution is -2.29. The van der Waals surface area contributed by atoms with E-state index in [1.54, 1.807) is 29.2 Å². The van der Waals surface area contributed by atoms with Gasteiger partial charge in [0.2, 0.25) is 5.76 Å². The molecule has 5 nitrogen and oxygen atoms in total. The van der Waals surface area contributed by atoms with Crippen molar-refractivity contribution in [1.82, 2.24) is 4.90 Å². The predicted molar refractivity (Wildman–Crippen MR) is 132 cm³/mol. The summed E-state index contributed by atoms with van der Waals surface area (Å²) in [5.74, 6) is -0.108. The SMILES string of the molecule is C=CCOc1cccc(C2c3c(oc4cc(C)c(C)cc4c3=O)C(=O)N2Cc2ccc(F)cc2)c1. The topological polar surface area (TPSA) is 59.8 Å². The molecule has 0 aliphatic carbocycles. The molecular formula is C29H24FNO4. The molecule has 6 heteroatoms. The van der Waals surface area contributed by atoms with Gasteiger partial charge in [-0.2, -0.15) is 0 Å². The van der Waals surface area contributed by atoms with Crippen molar-refractivity contribution in [3.63, 3.8) is 0 Å². The maximum atomic E-state index is 13.8. The molecule has 5 rings (SSSR count). The average molecular weight is 470 g/mol. The second-order valence-electron chi connectivity index (χ2n) is 8.74. The standard InChI is InChI=1S/C29H24FNO4/c1-4-12-34-22-7-5-6-20(15-22)26-25-27(32)23-13-17(2)18(3)14-24(23)35-28(25)29(33)31(26)16-19-8-10-21(30)11-9-19/h4-11,13-15,26H,1,12,16H2,2-3H3. The van der Waals surface area contributed by atoms with Gasteiger partial charge in [0.1, 0.15) is 23.8 Å². The zero-order valence-electron chi connectivity index (χ0n) is 19.5. The van der Waals surface area contributed by atoms with Gasteiger partial charge in [-0.1, -0.05) is 36.9 Å². The zero-order valence-corrected chi connectivity index (χ0v) is 19.5. The number of aryl methyl sites for hydroxylation is 2. The Labute approximate surface area is 202 Å². The summed E-state index contributed by atoms with van der Waals surface area (Å²) in [7, 11) is 0. The highest BCUT2D eigenvalue weighted by Gasteiger charge is 2.42. The molecule has 0 bridgehead atoms. The first-order valence-corrected chi connectivity index (χ1v) is 11.3. The number of rotatable bonds is 6. The smallest absolute Gasteiger partial charge is 0.291 e. The van der Waals surface area contributed by atoms with E-state index in [0.29, 0.717) is 28.9 Å². The van der Waals surface area contributed by atoms with Crippen molar-refractivity contribution in [3.05, 3.63) is 123 Å². The van der Waals surface area contributed by atoms with Gasteiger partial charge < -0.3 is 14.1 Å². The fourth-order valence-corrected chi connectivity index (χ4v) is 4.50. The first-order chi connectivity index (χ1) is 16.9. The fourth-order valence-electron chi connectivity index (χ4n) is 4.50. The number of benzene rings is 3. The molecule has 0 saturated heterocycles. The van der Waals surface area contributed by atoms with Gasteiger partial charge in [0, 0.05) is 6.54 Å². The van der Waals surface area contributed by atoms with E-state index < -0.39 is 6.04 Å². The molecule has 0 saturated carbocycles. The molecule has 1 aliphatic heterocycles. The Kier molecular flexibility index (Phi) is 5.73. The van der Waals surface area contributed by atoms with E-state index in [-0.39, 0.29) is 29.5 Å². The van der Waals surface area contributed by atoms with Gasteiger partial charge >= 0.3 is 0 Å². The Morgan fingerprint density at radius 1 is 1.06 bits per heavy atom. The lowest BCUT2D eigenvalue weighted by atomic mass is 9.97. The van der Waals surface area contributed by atoms with Gasteiger partial charge in [0.05, 0.1) is 17.0 Å². The van der Waals surface area contributed by atoms with Gasteiger partial charge in [0.15, 0.2) is 5.43 Å². The first-order valence-electron chi connectivity index (χ1n) is 11.3. The van der Waals surface area contributed by atoms with Crippen molar-refractivity contribution in [2.24, 2.45) is 0 Å². The number of carbonyl (C=O) groups is 1. The molecule has 1 aromatic heterocycles. The van der Waals surface area contributed by atoms with E-state index >= 15 is 0 Å². The van der Waals surface area contributed by atoms with Crippen LogP contribution < -0.4 is 10.2 Å². The number of carbonyl (C=O) groups excluding carboxylic acids is 1. The van der Waals surface area contributed by atoms with E-state index in [4.69, 9.17) is 9.15 Å². The molecule has 1 amide bonds. The third-order valence-electron chi connectivity index (χ3n) is 6.39. The molecule has 0 N–H and O–H groups in total. The summed E-state index contributed by atoms with van der Waals surface area (Å²) in [5, 5.41) is 0.437. The minimum atomic E-state index is -0.683. The summed E-state index contributed by atoms with van der Waals surface area (Å²) < 4.78 is 25.3. The molecular weight excluding hydrogens is 445 g/mol. The largest absolute Gasteiger partial charge is 0.490 e. The van der Waals surface area contributed by atoms with Crippen LogP contribution in [0.2, 0.25) is 0 Å². The normalized spacial score (nSPS) is 14.9. The third-order valence-corrected chi connectivity index (χ3v) is 6.39. The molecule has 1 unspecified atom stereocenters. The first kappa shape index (κ1) is 22.6. The Hall–Kier alpha value is -4.19. The quantitative estimate of drug-likeness (QED) is 0.332. The number of amides is 1. The summed E-state index contributed by atoms with van der Waals surface area (Å²) in [4.78, 5) is 29.0. The van der Waals surface area contributed by atoms with Crippen LogP contribution in [0.3, 0.4) is 0 Å². The number of halogens is 1. The van der Waals surface area contributed by atoms with Crippen LogP contribution in [-0.4, -0.2) is 17.4 Å². The van der Waals surface area contributed by atoms with Crippen LogP contribution in [0.5, 0.6) is 5.75 Å². The maximum absolute atomic E-state index is 13.8. The minimum Gasteiger partial charge on any atom is -0.490 e. The minimum absolute atomic E-state index is 0.0373. The van der Waals surface area contributed by atoms with Crippen molar-refractivity contribution in [1.29, 1.82) is 0 Å². The molecule has 0 radical (unpaired) electrons. The van der Waals surface area contributed by atoms with E-state index in [2.05, 4.69) is 6.58 Å². The van der Waals surface area contributed by atoms with E-state index in [1.165, 1.54) is 12.1 Å². The number of hydrogen-bond acceptors (Lipinski definition) is 4. The number of nitrogens with zero attached hydrogens (tertiary/aromatic N) is 1. The van der Waals surface area contributed by atoms with Crippen molar-refractivity contribution in [2.75, 3.05) is 6.61 Å². The molecule has 2 heterocycles. The average Bonchev–Trinajstić information content (AvgIpc) is 3.12. The van der Waals surface area contributed by atoms with Crippen LogP contribution in [0.15, 0.2) is 82.5 Å². The van der Waals surface area contributed by atoms with Crippen molar-refractivity contribution in [3.8, 4) is 5.75 Å². The molecule has 4 aromatic rings. The van der Waals surface area contributed by atoms with E-state index in [9.17, 15) is 14.0 Å². The number of fused-ring (bicyclic) bond motifs is 2. The third kappa shape index (κ3) is 4.01. The van der Waals surface area contributed by atoms with Crippen LogP contribution in [0.1, 0.15) is 44.4 Å². The predicted octanol–water partition coefficient (Wildman–Crippen LogP) is 5.86. The molecule has 1 atom stereocenters. The van der Waals surface area contributed by atoms with Crippen molar-refractivity contribution >= 4 is 16.9 Å².